The van der Waals surface area contributed by atoms with E-state index in [1.54, 1.807) is 23.5 Å². The molecule has 2 aromatic rings. The molecule has 4 nitrogen and oxygen atoms in total. The molecule has 25 heavy (non-hydrogen) atoms. The Kier molecular flexibility index (Phi) is 6.19. The molecule has 0 bridgehead atoms. The minimum absolute atomic E-state index is 0.301. The number of nitrogens with zero attached hydrogens (tertiary/aromatic N) is 2. The van der Waals surface area contributed by atoms with Crippen molar-refractivity contribution in [3.05, 3.63) is 34.8 Å². The van der Waals surface area contributed by atoms with Crippen LogP contribution in [0, 0.1) is 5.92 Å². The lowest BCUT2D eigenvalue weighted by Gasteiger charge is -2.27. The minimum Gasteiger partial charge on any atom is -0.478 e. The lowest BCUT2D eigenvalue weighted by molar-refractivity contribution is 0.0697. The molecule has 1 heterocycles. The molecule has 1 aromatic heterocycles. The first-order valence-electron chi connectivity index (χ1n) is 9.34. The van der Waals surface area contributed by atoms with Gasteiger partial charge < -0.3 is 5.11 Å². The summed E-state index contributed by atoms with van der Waals surface area (Å²) in [5.41, 5.74) is 1.25. The van der Waals surface area contributed by atoms with E-state index >= 15 is 0 Å². The average Bonchev–Trinajstić information content (AvgIpc) is 3.13. The molecule has 3 rings (SSSR count). The number of hydrogen-bond donors (Lipinski definition) is 1. The normalized spacial score (nSPS) is 20.5. The van der Waals surface area contributed by atoms with Gasteiger partial charge in [-0.05, 0) is 43.7 Å². The molecule has 0 radical (unpaired) electrons. The van der Waals surface area contributed by atoms with Gasteiger partial charge in [-0.2, -0.15) is 0 Å². The number of benzene rings is 1. The standard InChI is InChI=1S/C20H26N2O2S/c1-2-3-4-5-14-6-8-15(9-7-14)18-21-22-19(25-18)16-10-12-17(13-11-16)20(23)24/h10-15H,2-9H2,1H3,(H,23,24)/t14-,15-. The van der Waals surface area contributed by atoms with Crippen LogP contribution < -0.4 is 0 Å². The van der Waals surface area contributed by atoms with Gasteiger partial charge >= 0.3 is 5.97 Å². The Balaban J connectivity index is 1.58. The lowest BCUT2D eigenvalue weighted by atomic mass is 9.80. The van der Waals surface area contributed by atoms with Crippen LogP contribution in [0.2, 0.25) is 0 Å². The van der Waals surface area contributed by atoms with Gasteiger partial charge in [-0.1, -0.05) is 56.1 Å². The molecule has 0 unspecified atom stereocenters. The lowest BCUT2D eigenvalue weighted by Crippen LogP contribution is -2.13. The van der Waals surface area contributed by atoms with E-state index in [4.69, 9.17) is 5.11 Å². The predicted molar refractivity (Wildman–Crippen MR) is 101 cm³/mol. The van der Waals surface area contributed by atoms with E-state index in [-0.39, 0.29) is 0 Å². The first-order chi connectivity index (χ1) is 12.2. The van der Waals surface area contributed by atoms with Gasteiger partial charge in [0, 0.05) is 11.5 Å². The van der Waals surface area contributed by atoms with Gasteiger partial charge in [0.05, 0.1) is 5.56 Å². The third-order valence-electron chi connectivity index (χ3n) is 5.23. The maximum Gasteiger partial charge on any atom is 0.335 e. The van der Waals surface area contributed by atoms with Gasteiger partial charge in [0.25, 0.3) is 0 Å². The first-order valence-corrected chi connectivity index (χ1v) is 10.2. The largest absolute Gasteiger partial charge is 0.478 e. The zero-order valence-electron chi connectivity index (χ0n) is 14.8. The number of aromatic carboxylic acids is 1. The number of rotatable bonds is 7. The number of unbranched alkanes of at least 4 members (excludes halogenated alkanes) is 2. The highest BCUT2D eigenvalue weighted by Gasteiger charge is 2.25. The zero-order valence-corrected chi connectivity index (χ0v) is 15.6. The average molecular weight is 359 g/mol. The second-order valence-corrected chi connectivity index (χ2v) is 8.05. The van der Waals surface area contributed by atoms with Crippen LogP contribution in [-0.4, -0.2) is 21.3 Å². The highest BCUT2D eigenvalue weighted by Crippen LogP contribution is 2.39. The topological polar surface area (TPSA) is 63.1 Å². The SMILES string of the molecule is CCCCC[C@H]1CC[C@H](c2nnc(-c3ccc(C(=O)O)cc3)s2)CC1. The van der Waals surface area contributed by atoms with Gasteiger partial charge in [0.15, 0.2) is 0 Å². The predicted octanol–water partition coefficient (Wildman–Crippen LogP) is 5.76. The van der Waals surface area contributed by atoms with Gasteiger partial charge in [-0.15, -0.1) is 10.2 Å². The van der Waals surface area contributed by atoms with E-state index in [9.17, 15) is 4.79 Å². The van der Waals surface area contributed by atoms with Gasteiger partial charge in [-0.3, -0.25) is 0 Å². The number of carboxylic acids is 1. The summed E-state index contributed by atoms with van der Waals surface area (Å²) in [6, 6.07) is 6.89. The summed E-state index contributed by atoms with van der Waals surface area (Å²) < 4.78 is 0. The van der Waals surface area contributed by atoms with Crippen LogP contribution >= 0.6 is 11.3 Å². The summed E-state index contributed by atoms with van der Waals surface area (Å²) >= 11 is 1.66. The molecule has 1 saturated carbocycles. The fourth-order valence-corrected chi connectivity index (χ4v) is 4.67. The fraction of sp³-hybridized carbons (Fsp3) is 0.550. The maximum absolute atomic E-state index is 10.9. The summed E-state index contributed by atoms with van der Waals surface area (Å²) in [4.78, 5) is 10.9. The third-order valence-corrected chi connectivity index (χ3v) is 6.37. The van der Waals surface area contributed by atoms with E-state index in [0.717, 1.165) is 21.5 Å². The molecule has 1 aromatic carbocycles. The van der Waals surface area contributed by atoms with E-state index in [1.165, 1.54) is 51.4 Å². The van der Waals surface area contributed by atoms with Crippen LogP contribution in [0.5, 0.6) is 0 Å². The van der Waals surface area contributed by atoms with E-state index in [2.05, 4.69) is 17.1 Å². The summed E-state index contributed by atoms with van der Waals surface area (Å²) in [5.74, 6) is 0.547. The summed E-state index contributed by atoms with van der Waals surface area (Å²) in [6.07, 6.45) is 10.5. The van der Waals surface area contributed by atoms with Crippen LogP contribution in [0.1, 0.15) is 79.6 Å². The van der Waals surface area contributed by atoms with Crippen molar-refractivity contribution >= 4 is 17.3 Å². The summed E-state index contributed by atoms with van der Waals surface area (Å²) in [7, 11) is 0. The first kappa shape index (κ1) is 18.1. The van der Waals surface area contributed by atoms with Crippen molar-refractivity contribution in [3.8, 4) is 10.6 Å². The fourth-order valence-electron chi connectivity index (χ4n) is 3.65. The third kappa shape index (κ3) is 4.66. The molecule has 1 fully saturated rings. The quantitative estimate of drug-likeness (QED) is 0.639. The van der Waals surface area contributed by atoms with Crippen molar-refractivity contribution in [1.29, 1.82) is 0 Å². The Morgan fingerprint density at radius 1 is 1.12 bits per heavy atom. The Bertz CT molecular complexity index is 688. The van der Waals surface area contributed by atoms with Crippen molar-refractivity contribution in [2.45, 2.75) is 64.2 Å². The maximum atomic E-state index is 10.9. The van der Waals surface area contributed by atoms with Gasteiger partial charge in [0.1, 0.15) is 10.0 Å². The van der Waals surface area contributed by atoms with Crippen LogP contribution in [0.3, 0.4) is 0 Å². The number of aromatic nitrogens is 2. The van der Waals surface area contributed by atoms with Gasteiger partial charge in [0.2, 0.25) is 0 Å². The Morgan fingerprint density at radius 2 is 1.84 bits per heavy atom. The second kappa shape index (κ2) is 8.56. The van der Waals surface area contributed by atoms with Crippen LogP contribution in [0.4, 0.5) is 0 Å². The summed E-state index contributed by atoms with van der Waals surface area (Å²) in [6.45, 7) is 2.26. The van der Waals surface area contributed by atoms with Gasteiger partial charge in [-0.25, -0.2) is 4.79 Å². The van der Waals surface area contributed by atoms with Crippen molar-refractivity contribution in [2.24, 2.45) is 5.92 Å². The molecule has 1 aliphatic rings. The highest BCUT2D eigenvalue weighted by atomic mass is 32.1. The molecule has 1 aliphatic carbocycles. The van der Waals surface area contributed by atoms with Crippen molar-refractivity contribution in [1.82, 2.24) is 10.2 Å². The molecule has 0 amide bonds. The number of hydrogen-bond acceptors (Lipinski definition) is 4. The van der Waals surface area contributed by atoms with Crippen molar-refractivity contribution in [3.63, 3.8) is 0 Å². The van der Waals surface area contributed by atoms with E-state index in [1.807, 2.05) is 12.1 Å². The molecule has 5 heteroatoms. The molecule has 1 N–H and O–H groups in total. The molecule has 0 saturated heterocycles. The van der Waals surface area contributed by atoms with E-state index < -0.39 is 5.97 Å². The molecule has 0 aliphatic heterocycles. The molecule has 0 spiro atoms. The zero-order chi connectivity index (χ0) is 17.6. The van der Waals surface area contributed by atoms with Crippen LogP contribution in [-0.2, 0) is 0 Å². The monoisotopic (exact) mass is 358 g/mol. The van der Waals surface area contributed by atoms with Crippen molar-refractivity contribution in [2.75, 3.05) is 0 Å². The van der Waals surface area contributed by atoms with E-state index in [0.29, 0.717) is 11.5 Å². The van der Waals surface area contributed by atoms with Crippen LogP contribution in [0.25, 0.3) is 10.6 Å². The van der Waals surface area contributed by atoms with Crippen molar-refractivity contribution < 1.29 is 9.90 Å². The highest BCUT2D eigenvalue weighted by molar-refractivity contribution is 7.14. The summed E-state index contributed by atoms with van der Waals surface area (Å²) in [5, 5.41) is 19.8. The Hall–Kier alpha value is -1.75. The van der Waals surface area contributed by atoms with Crippen LogP contribution in [0.15, 0.2) is 24.3 Å². The Labute approximate surface area is 153 Å². The number of carbonyl (C=O) groups is 1. The molecule has 0 atom stereocenters. The smallest absolute Gasteiger partial charge is 0.335 e. The number of carboxylic acid groups (broad SMARTS) is 1. The minimum atomic E-state index is -0.903. The Morgan fingerprint density at radius 3 is 2.48 bits per heavy atom. The second-order valence-electron chi connectivity index (χ2n) is 7.04. The molecule has 134 valence electrons. The molecular formula is C20H26N2O2S. The molecular weight excluding hydrogens is 332 g/mol.